The molecule has 0 aromatic carbocycles. The van der Waals surface area contributed by atoms with Crippen molar-refractivity contribution in [2.24, 2.45) is 0 Å². The lowest BCUT2D eigenvalue weighted by molar-refractivity contribution is 0.368. The zero-order valence-corrected chi connectivity index (χ0v) is 13.7. The molecule has 7 heteroatoms. The van der Waals surface area contributed by atoms with Gasteiger partial charge in [-0.05, 0) is 38.1 Å². The lowest BCUT2D eigenvalue weighted by Gasteiger charge is -2.26. The van der Waals surface area contributed by atoms with Gasteiger partial charge >= 0.3 is 0 Å². The van der Waals surface area contributed by atoms with E-state index in [1.54, 1.807) is 11.4 Å². The van der Waals surface area contributed by atoms with Crippen molar-refractivity contribution in [3.63, 3.8) is 0 Å². The van der Waals surface area contributed by atoms with E-state index in [1.165, 1.54) is 4.31 Å². The van der Waals surface area contributed by atoms with Crippen LogP contribution in [0.25, 0.3) is 0 Å². The van der Waals surface area contributed by atoms with Gasteiger partial charge in [-0.1, -0.05) is 6.92 Å². The van der Waals surface area contributed by atoms with E-state index in [2.05, 4.69) is 12.2 Å². The monoisotopic (exact) mass is 309 g/mol. The van der Waals surface area contributed by atoms with Crippen LogP contribution in [0, 0.1) is 0 Å². The van der Waals surface area contributed by atoms with Gasteiger partial charge in [0.25, 0.3) is 10.2 Å². The molecule has 1 fully saturated rings. The summed E-state index contributed by atoms with van der Waals surface area (Å²) in [6.07, 6.45) is 2.92. The average molecular weight is 310 g/mol. The maximum atomic E-state index is 12.4. The fraction of sp³-hybridized carbons (Fsp3) is 1.00. The summed E-state index contributed by atoms with van der Waals surface area (Å²) in [6, 6.07) is 0. The normalized spacial score (nSPS) is 18.7. The molecule has 0 bridgehead atoms. The Hall–Kier alpha value is 0.180. The van der Waals surface area contributed by atoms with E-state index in [4.69, 9.17) is 0 Å². The Kier molecular flexibility index (Phi) is 8.32. The van der Waals surface area contributed by atoms with Gasteiger partial charge in [0.1, 0.15) is 0 Å². The second-order valence-electron chi connectivity index (χ2n) is 4.80. The predicted molar refractivity (Wildman–Crippen MR) is 82.8 cm³/mol. The molecular weight excluding hydrogens is 282 g/mol. The molecule has 19 heavy (non-hydrogen) atoms. The number of hydrogen-bond donors (Lipinski definition) is 1. The molecule has 0 aliphatic carbocycles. The van der Waals surface area contributed by atoms with Crippen LogP contribution in [0.4, 0.5) is 0 Å². The molecule has 114 valence electrons. The van der Waals surface area contributed by atoms with Crippen LogP contribution in [-0.2, 0) is 10.2 Å². The van der Waals surface area contributed by atoms with Crippen molar-refractivity contribution in [2.45, 2.75) is 26.2 Å². The van der Waals surface area contributed by atoms with Crippen molar-refractivity contribution in [3.8, 4) is 0 Å². The van der Waals surface area contributed by atoms with Gasteiger partial charge in [-0.15, -0.1) is 0 Å². The first kappa shape index (κ1) is 17.2. The van der Waals surface area contributed by atoms with Crippen molar-refractivity contribution in [1.29, 1.82) is 0 Å². The summed E-state index contributed by atoms with van der Waals surface area (Å²) >= 11 is 1.84. The zero-order chi connectivity index (χ0) is 14.1. The summed E-state index contributed by atoms with van der Waals surface area (Å²) in [7, 11) is -1.56. The maximum Gasteiger partial charge on any atom is 0.281 e. The Bertz CT molecular complexity index is 328. The van der Waals surface area contributed by atoms with Crippen LogP contribution in [0.2, 0.25) is 0 Å². The Morgan fingerprint density at radius 2 is 2.05 bits per heavy atom. The second-order valence-corrected chi connectivity index (χ2v) is 8.06. The highest BCUT2D eigenvalue weighted by Crippen LogP contribution is 2.15. The first-order valence-corrected chi connectivity index (χ1v) is 9.64. The minimum Gasteiger partial charge on any atom is -0.317 e. The van der Waals surface area contributed by atoms with Gasteiger partial charge in [0.05, 0.1) is 0 Å². The highest BCUT2D eigenvalue weighted by Gasteiger charge is 2.26. The van der Waals surface area contributed by atoms with Gasteiger partial charge in [0, 0.05) is 32.4 Å². The quantitative estimate of drug-likeness (QED) is 0.680. The lowest BCUT2D eigenvalue weighted by Crippen LogP contribution is -2.43. The summed E-state index contributed by atoms with van der Waals surface area (Å²) in [4.78, 5) is 0. The van der Waals surface area contributed by atoms with E-state index in [0.717, 1.165) is 43.9 Å². The highest BCUT2D eigenvalue weighted by atomic mass is 32.2. The molecule has 1 saturated heterocycles. The second kappa shape index (κ2) is 9.18. The van der Waals surface area contributed by atoms with Crippen molar-refractivity contribution in [3.05, 3.63) is 0 Å². The SMILES string of the molecule is CCCNCCCN(C)S(=O)(=O)N1CCCSCC1. The van der Waals surface area contributed by atoms with Crippen LogP contribution in [0.1, 0.15) is 26.2 Å². The Balaban J connectivity index is 2.37. The minimum absolute atomic E-state index is 0.586. The van der Waals surface area contributed by atoms with E-state index in [-0.39, 0.29) is 0 Å². The number of thioether (sulfide) groups is 1. The third-order valence-electron chi connectivity index (χ3n) is 3.15. The molecule has 0 spiro atoms. The van der Waals surface area contributed by atoms with E-state index < -0.39 is 10.2 Å². The summed E-state index contributed by atoms with van der Waals surface area (Å²) in [5.41, 5.74) is 0. The van der Waals surface area contributed by atoms with Gasteiger partial charge in [-0.25, -0.2) is 0 Å². The molecule has 5 nitrogen and oxygen atoms in total. The van der Waals surface area contributed by atoms with Crippen LogP contribution >= 0.6 is 11.8 Å². The molecule has 0 atom stereocenters. The van der Waals surface area contributed by atoms with Gasteiger partial charge in [-0.2, -0.15) is 28.8 Å². The van der Waals surface area contributed by atoms with Gasteiger partial charge in [-0.3, -0.25) is 0 Å². The summed E-state index contributed by atoms with van der Waals surface area (Å²) in [5.74, 6) is 1.97. The van der Waals surface area contributed by atoms with Crippen LogP contribution < -0.4 is 5.32 Å². The molecule has 0 aromatic rings. The summed E-state index contributed by atoms with van der Waals surface area (Å²) in [6.45, 7) is 5.90. The molecule has 0 unspecified atom stereocenters. The minimum atomic E-state index is -3.25. The van der Waals surface area contributed by atoms with Crippen molar-refractivity contribution < 1.29 is 8.42 Å². The predicted octanol–water partition coefficient (Wildman–Crippen LogP) is 0.992. The summed E-state index contributed by atoms with van der Waals surface area (Å²) < 4.78 is 27.9. The number of hydrogen-bond acceptors (Lipinski definition) is 4. The van der Waals surface area contributed by atoms with Crippen molar-refractivity contribution in [1.82, 2.24) is 13.9 Å². The molecule has 0 amide bonds. The topological polar surface area (TPSA) is 52.7 Å². The van der Waals surface area contributed by atoms with Crippen LogP contribution in [-0.4, -0.2) is 68.3 Å². The maximum absolute atomic E-state index is 12.4. The standard InChI is InChI=1S/C12H27N3O2S2/c1-3-6-13-7-4-8-14(2)19(16,17)15-9-5-11-18-12-10-15/h13H,3-12H2,1-2H3. The van der Waals surface area contributed by atoms with Gasteiger partial charge in [0.2, 0.25) is 0 Å². The molecule has 1 aliphatic heterocycles. The van der Waals surface area contributed by atoms with Gasteiger partial charge in [0.15, 0.2) is 0 Å². The number of nitrogens with one attached hydrogen (secondary N) is 1. The molecule has 1 N–H and O–H groups in total. The van der Waals surface area contributed by atoms with E-state index in [1.807, 2.05) is 11.8 Å². The largest absolute Gasteiger partial charge is 0.317 e. The van der Waals surface area contributed by atoms with E-state index in [9.17, 15) is 8.42 Å². The van der Waals surface area contributed by atoms with Gasteiger partial charge < -0.3 is 5.32 Å². The molecule has 1 rings (SSSR count). The third-order valence-corrected chi connectivity index (χ3v) is 6.19. The van der Waals surface area contributed by atoms with Crippen molar-refractivity contribution in [2.75, 3.05) is 51.3 Å². The molecule has 0 radical (unpaired) electrons. The van der Waals surface area contributed by atoms with Crippen LogP contribution in [0.5, 0.6) is 0 Å². The third kappa shape index (κ3) is 5.99. The van der Waals surface area contributed by atoms with E-state index in [0.29, 0.717) is 19.6 Å². The summed E-state index contributed by atoms with van der Waals surface area (Å²) in [5, 5.41) is 3.29. The van der Waals surface area contributed by atoms with E-state index >= 15 is 0 Å². The van der Waals surface area contributed by atoms with Crippen LogP contribution in [0.15, 0.2) is 0 Å². The fourth-order valence-corrected chi connectivity index (χ4v) is 4.43. The first-order chi connectivity index (χ1) is 9.09. The Morgan fingerprint density at radius 3 is 2.79 bits per heavy atom. The smallest absolute Gasteiger partial charge is 0.281 e. The van der Waals surface area contributed by atoms with Crippen molar-refractivity contribution >= 4 is 22.0 Å². The first-order valence-electron chi connectivity index (χ1n) is 7.09. The molecule has 1 heterocycles. The highest BCUT2D eigenvalue weighted by molar-refractivity contribution is 7.99. The zero-order valence-electron chi connectivity index (χ0n) is 12.1. The number of nitrogens with zero attached hydrogens (tertiary/aromatic N) is 2. The number of rotatable bonds is 8. The Labute approximate surface area is 122 Å². The Morgan fingerprint density at radius 1 is 1.26 bits per heavy atom. The van der Waals surface area contributed by atoms with Crippen LogP contribution in [0.3, 0.4) is 0 Å². The molecular formula is C12H27N3O2S2. The molecule has 0 aromatic heterocycles. The molecule has 1 aliphatic rings. The fourth-order valence-electron chi connectivity index (χ4n) is 1.99. The lowest BCUT2D eigenvalue weighted by atomic mass is 10.4. The average Bonchev–Trinajstić information content (AvgIpc) is 2.67. The molecule has 0 saturated carbocycles.